The summed E-state index contributed by atoms with van der Waals surface area (Å²) in [5.41, 5.74) is 11.3. The maximum absolute atomic E-state index is 11.1. The van der Waals surface area contributed by atoms with Gasteiger partial charge in [-0.2, -0.15) is 0 Å². The van der Waals surface area contributed by atoms with Crippen LogP contribution in [0.5, 0.6) is 0 Å². The van der Waals surface area contributed by atoms with Crippen molar-refractivity contribution in [2.24, 2.45) is 0 Å². The normalized spacial score (nSPS) is 15.9. The van der Waals surface area contributed by atoms with Gasteiger partial charge in [-0.25, -0.2) is 4.79 Å². The average Bonchev–Trinajstić information content (AvgIpc) is 3.18. The quantitative estimate of drug-likeness (QED) is 0.497. The predicted molar refractivity (Wildman–Crippen MR) is 123 cm³/mol. The van der Waals surface area contributed by atoms with Crippen LogP contribution in [0.2, 0.25) is 0 Å². The van der Waals surface area contributed by atoms with Gasteiger partial charge in [-0.15, -0.1) is 0 Å². The summed E-state index contributed by atoms with van der Waals surface area (Å²) in [4.78, 5) is 14.7. The Hall–Kier alpha value is -2.81. The van der Waals surface area contributed by atoms with Crippen molar-refractivity contribution in [1.82, 2.24) is 4.98 Å². The summed E-state index contributed by atoms with van der Waals surface area (Å²) in [6, 6.07) is 12.1. The third-order valence-corrected chi connectivity index (χ3v) is 6.65. The summed E-state index contributed by atoms with van der Waals surface area (Å²) in [5, 5.41) is 9.14. The summed E-state index contributed by atoms with van der Waals surface area (Å²) in [6.07, 6.45) is 7.89. The average molecular weight is 402 g/mol. The lowest BCUT2D eigenvalue weighted by atomic mass is 9.70. The van der Waals surface area contributed by atoms with Crippen molar-refractivity contribution >= 4 is 5.97 Å². The molecule has 1 heterocycles. The van der Waals surface area contributed by atoms with Crippen LogP contribution < -0.4 is 0 Å². The molecule has 0 radical (unpaired) electrons. The molecular formula is C27H31NO2. The number of rotatable bonds is 2. The summed E-state index contributed by atoms with van der Waals surface area (Å²) in [6.45, 7) is 8.73. The molecule has 156 valence electrons. The molecule has 2 aromatic carbocycles. The Balaban J connectivity index is 0.00000106. The number of aryl methyl sites for hydroxylation is 2. The van der Waals surface area contributed by atoms with Gasteiger partial charge in [-0.1, -0.05) is 45.9 Å². The number of carbonyl (C=O) groups is 1. The summed E-state index contributed by atoms with van der Waals surface area (Å²) in [7, 11) is 0. The highest BCUT2D eigenvalue weighted by Gasteiger charge is 2.30. The van der Waals surface area contributed by atoms with Gasteiger partial charge in [0.2, 0.25) is 0 Å². The van der Waals surface area contributed by atoms with Crippen molar-refractivity contribution in [2.45, 2.75) is 65.2 Å². The number of aromatic amines is 1. The van der Waals surface area contributed by atoms with E-state index in [1.807, 2.05) is 26.0 Å². The number of hydrogen-bond donors (Lipinski definition) is 2. The van der Waals surface area contributed by atoms with Crippen molar-refractivity contribution in [3.8, 4) is 22.4 Å². The fourth-order valence-electron chi connectivity index (χ4n) is 5.09. The Bertz CT molecular complexity index is 1090. The monoisotopic (exact) mass is 401 g/mol. The van der Waals surface area contributed by atoms with Gasteiger partial charge < -0.3 is 10.1 Å². The van der Waals surface area contributed by atoms with Crippen LogP contribution in [0.15, 0.2) is 42.6 Å². The fourth-order valence-corrected chi connectivity index (χ4v) is 5.09. The number of benzene rings is 2. The molecule has 2 aliphatic carbocycles. The lowest BCUT2D eigenvalue weighted by Gasteiger charge is -2.34. The van der Waals surface area contributed by atoms with E-state index < -0.39 is 5.97 Å². The molecule has 0 saturated heterocycles. The Kier molecular flexibility index (Phi) is 5.31. The van der Waals surface area contributed by atoms with Gasteiger partial charge in [0.05, 0.1) is 5.56 Å². The lowest BCUT2D eigenvalue weighted by molar-refractivity contribution is 0.0697. The molecule has 0 unspecified atom stereocenters. The Morgan fingerprint density at radius 2 is 1.70 bits per heavy atom. The van der Waals surface area contributed by atoms with Gasteiger partial charge in [-0.05, 0) is 83.5 Å². The highest BCUT2D eigenvalue weighted by Crippen LogP contribution is 2.44. The zero-order valence-electron chi connectivity index (χ0n) is 18.4. The first-order valence-corrected chi connectivity index (χ1v) is 11.1. The van der Waals surface area contributed by atoms with Gasteiger partial charge in [-0.3, -0.25) is 0 Å². The predicted octanol–water partition coefficient (Wildman–Crippen LogP) is 6.79. The van der Waals surface area contributed by atoms with Crippen molar-refractivity contribution < 1.29 is 9.90 Å². The molecule has 0 fully saturated rings. The van der Waals surface area contributed by atoms with Crippen LogP contribution in [0.25, 0.3) is 22.4 Å². The van der Waals surface area contributed by atoms with Crippen LogP contribution in [-0.2, 0) is 24.7 Å². The van der Waals surface area contributed by atoms with Crippen molar-refractivity contribution in [2.75, 3.05) is 0 Å². The zero-order chi connectivity index (χ0) is 21.5. The number of H-pyrrole nitrogens is 1. The zero-order valence-corrected chi connectivity index (χ0v) is 18.4. The van der Waals surface area contributed by atoms with E-state index in [-0.39, 0.29) is 5.41 Å². The Labute approximate surface area is 179 Å². The molecule has 3 nitrogen and oxygen atoms in total. The maximum atomic E-state index is 11.1. The molecule has 0 amide bonds. The fraction of sp³-hybridized carbons (Fsp3) is 0.370. The summed E-state index contributed by atoms with van der Waals surface area (Å²) in [5.74, 6) is -0.885. The second kappa shape index (κ2) is 7.79. The van der Waals surface area contributed by atoms with E-state index in [0.29, 0.717) is 5.56 Å². The Morgan fingerprint density at radius 3 is 2.40 bits per heavy atom. The molecule has 1 aromatic heterocycles. The first-order chi connectivity index (χ1) is 14.4. The molecule has 0 aliphatic heterocycles. The van der Waals surface area contributed by atoms with E-state index in [4.69, 9.17) is 5.11 Å². The Morgan fingerprint density at radius 1 is 0.967 bits per heavy atom. The topological polar surface area (TPSA) is 53.1 Å². The third-order valence-electron chi connectivity index (χ3n) is 6.65. The minimum absolute atomic E-state index is 0.238. The molecule has 0 spiro atoms. The molecule has 0 saturated carbocycles. The van der Waals surface area contributed by atoms with Crippen LogP contribution in [-0.4, -0.2) is 16.1 Å². The molecule has 2 N–H and O–H groups in total. The minimum Gasteiger partial charge on any atom is -0.478 e. The van der Waals surface area contributed by atoms with Crippen molar-refractivity contribution in [3.63, 3.8) is 0 Å². The van der Waals surface area contributed by atoms with Gasteiger partial charge in [0.25, 0.3) is 0 Å². The van der Waals surface area contributed by atoms with Crippen LogP contribution in [0.4, 0.5) is 0 Å². The molecule has 3 heteroatoms. The minimum atomic E-state index is -0.885. The number of aromatic nitrogens is 1. The number of carboxylic acid groups (broad SMARTS) is 1. The van der Waals surface area contributed by atoms with E-state index in [1.165, 1.54) is 58.3 Å². The summed E-state index contributed by atoms with van der Waals surface area (Å²) < 4.78 is 0. The molecule has 30 heavy (non-hydrogen) atoms. The smallest absolute Gasteiger partial charge is 0.335 e. The number of hydrogen-bond acceptors (Lipinski definition) is 1. The highest BCUT2D eigenvalue weighted by atomic mass is 16.4. The van der Waals surface area contributed by atoms with E-state index in [2.05, 4.69) is 37.2 Å². The van der Waals surface area contributed by atoms with Crippen LogP contribution >= 0.6 is 0 Å². The van der Waals surface area contributed by atoms with Crippen LogP contribution in [0.1, 0.15) is 73.1 Å². The van der Waals surface area contributed by atoms with Gasteiger partial charge in [0, 0.05) is 23.0 Å². The second-order valence-electron chi connectivity index (χ2n) is 8.84. The molecule has 0 bridgehead atoms. The first kappa shape index (κ1) is 20.5. The highest BCUT2D eigenvalue weighted by molar-refractivity contribution is 5.89. The molecule has 2 aliphatic rings. The van der Waals surface area contributed by atoms with E-state index in [9.17, 15) is 4.79 Å². The van der Waals surface area contributed by atoms with Crippen molar-refractivity contribution in [3.05, 3.63) is 70.4 Å². The second-order valence-corrected chi connectivity index (χ2v) is 8.84. The SMILES string of the molecule is CC.CC1(C)CCCc2cc3c(cc21)-c1[nH]cc(-c2ccc(C(=O)O)cc2)c1CC3. The molecule has 5 rings (SSSR count). The molecular weight excluding hydrogens is 370 g/mol. The van der Waals surface area contributed by atoms with Gasteiger partial charge in [0.1, 0.15) is 0 Å². The van der Waals surface area contributed by atoms with Crippen LogP contribution in [0.3, 0.4) is 0 Å². The number of carboxylic acids is 1. The number of aromatic carboxylic acids is 1. The molecule has 3 aromatic rings. The van der Waals surface area contributed by atoms with E-state index in [1.54, 1.807) is 12.1 Å². The van der Waals surface area contributed by atoms with Gasteiger partial charge >= 0.3 is 5.97 Å². The van der Waals surface area contributed by atoms with E-state index in [0.717, 1.165) is 18.4 Å². The third kappa shape index (κ3) is 3.36. The summed E-state index contributed by atoms with van der Waals surface area (Å²) >= 11 is 0. The number of fused-ring (bicyclic) bond motifs is 4. The largest absolute Gasteiger partial charge is 0.478 e. The molecule has 0 atom stereocenters. The van der Waals surface area contributed by atoms with Crippen molar-refractivity contribution in [1.29, 1.82) is 0 Å². The maximum Gasteiger partial charge on any atom is 0.335 e. The van der Waals surface area contributed by atoms with E-state index >= 15 is 0 Å². The number of nitrogens with one attached hydrogen (secondary N) is 1. The first-order valence-electron chi connectivity index (χ1n) is 11.1. The standard InChI is InChI=1S/C25H25NO2.C2H6/c1-25(2)11-3-4-18-12-17-9-10-19-21(14-26-23(19)20(17)13-22(18)25)15-5-7-16(8-6-15)24(27)28;1-2/h5-8,12-14,26H,3-4,9-11H2,1-2H3,(H,27,28);1-2H3. The van der Waals surface area contributed by atoms with Gasteiger partial charge in [0.15, 0.2) is 0 Å². The van der Waals surface area contributed by atoms with Crippen LogP contribution in [0, 0.1) is 0 Å². The lowest BCUT2D eigenvalue weighted by Crippen LogP contribution is -2.24.